The van der Waals surface area contributed by atoms with Gasteiger partial charge in [0.1, 0.15) is 12.4 Å². The van der Waals surface area contributed by atoms with Crippen LogP contribution in [0.1, 0.15) is 16.1 Å². The summed E-state index contributed by atoms with van der Waals surface area (Å²) in [6.45, 7) is 0.374. The Kier molecular flexibility index (Phi) is 5.36. The first-order chi connectivity index (χ1) is 10.2. The third-order valence-corrected chi connectivity index (χ3v) is 3.34. The predicted molar refractivity (Wildman–Crippen MR) is 89.9 cm³/mol. The number of hydrogen-bond donors (Lipinski definition) is 0. The van der Waals surface area contributed by atoms with Gasteiger partial charge < -0.3 is 4.74 Å². The molecule has 1 aromatic heterocycles. The lowest BCUT2D eigenvalue weighted by Gasteiger charge is -2.07. The summed E-state index contributed by atoms with van der Waals surface area (Å²) >= 11 is 5.39. The van der Waals surface area contributed by atoms with Crippen molar-refractivity contribution in [1.29, 1.82) is 0 Å². The monoisotopic (exact) mass is 333 g/mol. The number of hydrogen-bond acceptors (Lipinski definition) is 3. The number of rotatable bonds is 4. The number of halogens is 2. The minimum atomic E-state index is -0.474. The molecule has 0 bridgehead atoms. The van der Waals surface area contributed by atoms with Crippen LogP contribution in [0, 0.1) is 0 Å². The standard InChI is InChI=1S/C17H12ClNO2.ClH/c18-17(20)13-6-9-15(10-7-13)21-11-14-8-5-12-3-1-2-4-16(12)19-14;/h1-10H,11H2;1H. The molecule has 1 heterocycles. The zero-order chi connectivity index (χ0) is 14.7. The minimum Gasteiger partial charge on any atom is -0.487 e. The van der Waals surface area contributed by atoms with E-state index in [1.54, 1.807) is 24.3 Å². The maximum atomic E-state index is 11.0. The number of carbonyl (C=O) groups excluding carboxylic acids is 1. The topological polar surface area (TPSA) is 39.2 Å². The van der Waals surface area contributed by atoms with Crippen LogP contribution in [-0.2, 0) is 6.61 Å². The Labute approximate surface area is 139 Å². The summed E-state index contributed by atoms with van der Waals surface area (Å²) in [5.41, 5.74) is 2.25. The second-order valence-electron chi connectivity index (χ2n) is 4.58. The Bertz CT molecular complexity index is 788. The molecule has 3 aromatic rings. The first-order valence-electron chi connectivity index (χ1n) is 6.50. The van der Waals surface area contributed by atoms with Crippen LogP contribution in [0.2, 0.25) is 0 Å². The molecule has 22 heavy (non-hydrogen) atoms. The van der Waals surface area contributed by atoms with Gasteiger partial charge in [0.05, 0.1) is 11.2 Å². The number of fused-ring (bicyclic) bond motifs is 1. The summed E-state index contributed by atoms with van der Waals surface area (Å²) in [7, 11) is 0. The molecule has 0 aliphatic carbocycles. The Morgan fingerprint density at radius 3 is 2.45 bits per heavy atom. The number of aromatic nitrogens is 1. The van der Waals surface area contributed by atoms with Crippen LogP contribution in [-0.4, -0.2) is 10.2 Å². The van der Waals surface area contributed by atoms with Crippen LogP contribution in [0.3, 0.4) is 0 Å². The Balaban J connectivity index is 0.00000176. The molecule has 5 heteroatoms. The van der Waals surface area contributed by atoms with Crippen molar-refractivity contribution in [3.8, 4) is 5.75 Å². The maximum Gasteiger partial charge on any atom is 0.252 e. The summed E-state index contributed by atoms with van der Waals surface area (Å²) in [6, 6.07) is 18.6. The molecule has 0 atom stereocenters. The van der Waals surface area contributed by atoms with E-state index in [2.05, 4.69) is 4.98 Å². The van der Waals surface area contributed by atoms with E-state index in [0.29, 0.717) is 17.9 Å². The molecule has 0 radical (unpaired) electrons. The Morgan fingerprint density at radius 2 is 1.73 bits per heavy atom. The van der Waals surface area contributed by atoms with Gasteiger partial charge in [0, 0.05) is 10.9 Å². The molecule has 2 aromatic carbocycles. The fraction of sp³-hybridized carbons (Fsp3) is 0.0588. The van der Waals surface area contributed by atoms with E-state index in [1.165, 1.54) is 0 Å². The van der Waals surface area contributed by atoms with Gasteiger partial charge in [-0.2, -0.15) is 0 Å². The van der Waals surface area contributed by atoms with Gasteiger partial charge in [-0.1, -0.05) is 24.3 Å². The van der Waals surface area contributed by atoms with Gasteiger partial charge in [0.15, 0.2) is 0 Å². The fourth-order valence-corrected chi connectivity index (χ4v) is 2.15. The van der Waals surface area contributed by atoms with Gasteiger partial charge in [-0.05, 0) is 48.0 Å². The molecule has 0 aliphatic heterocycles. The van der Waals surface area contributed by atoms with Crippen LogP contribution < -0.4 is 4.74 Å². The smallest absolute Gasteiger partial charge is 0.252 e. The summed E-state index contributed by atoms with van der Waals surface area (Å²) < 4.78 is 5.66. The largest absolute Gasteiger partial charge is 0.487 e. The number of nitrogens with zero attached hydrogens (tertiary/aromatic N) is 1. The van der Waals surface area contributed by atoms with E-state index in [-0.39, 0.29) is 12.4 Å². The number of pyridine rings is 1. The van der Waals surface area contributed by atoms with Crippen molar-refractivity contribution in [2.24, 2.45) is 0 Å². The molecule has 0 aliphatic rings. The van der Waals surface area contributed by atoms with Crippen LogP contribution in [0.5, 0.6) is 5.75 Å². The number of benzene rings is 2. The molecule has 0 N–H and O–H groups in total. The lowest BCUT2D eigenvalue weighted by Crippen LogP contribution is -1.98. The van der Waals surface area contributed by atoms with Crippen molar-refractivity contribution in [2.75, 3.05) is 0 Å². The molecule has 3 rings (SSSR count). The van der Waals surface area contributed by atoms with E-state index in [9.17, 15) is 4.79 Å². The zero-order valence-electron chi connectivity index (χ0n) is 11.5. The average molecular weight is 334 g/mol. The third kappa shape index (κ3) is 3.75. The van der Waals surface area contributed by atoms with E-state index < -0.39 is 5.24 Å². The summed E-state index contributed by atoms with van der Waals surface area (Å²) in [5.74, 6) is 0.673. The summed E-state index contributed by atoms with van der Waals surface area (Å²) in [6.07, 6.45) is 0. The molecule has 0 fully saturated rings. The molecule has 0 amide bonds. The van der Waals surface area contributed by atoms with Crippen molar-refractivity contribution in [3.63, 3.8) is 0 Å². The quantitative estimate of drug-likeness (QED) is 0.654. The van der Waals surface area contributed by atoms with Crippen molar-refractivity contribution in [1.82, 2.24) is 4.98 Å². The fourth-order valence-electron chi connectivity index (χ4n) is 2.03. The highest BCUT2D eigenvalue weighted by molar-refractivity contribution is 6.67. The molecule has 0 unspecified atom stereocenters. The normalized spacial score (nSPS) is 10.0. The lowest BCUT2D eigenvalue weighted by atomic mass is 10.2. The van der Waals surface area contributed by atoms with Crippen LogP contribution in [0.25, 0.3) is 10.9 Å². The second kappa shape index (κ2) is 7.25. The zero-order valence-corrected chi connectivity index (χ0v) is 13.1. The van der Waals surface area contributed by atoms with Crippen molar-refractivity contribution in [3.05, 3.63) is 71.9 Å². The Hall–Kier alpha value is -2.10. The molecule has 112 valence electrons. The van der Waals surface area contributed by atoms with Crippen molar-refractivity contribution in [2.45, 2.75) is 6.61 Å². The lowest BCUT2D eigenvalue weighted by molar-refractivity contribution is 0.108. The van der Waals surface area contributed by atoms with Gasteiger partial charge in [0.2, 0.25) is 0 Å². The average Bonchev–Trinajstić information content (AvgIpc) is 2.53. The second-order valence-corrected chi connectivity index (χ2v) is 4.93. The van der Waals surface area contributed by atoms with Gasteiger partial charge in [-0.3, -0.25) is 4.79 Å². The molecule has 0 saturated carbocycles. The highest BCUT2D eigenvalue weighted by atomic mass is 35.5. The van der Waals surface area contributed by atoms with Crippen LogP contribution >= 0.6 is 24.0 Å². The van der Waals surface area contributed by atoms with E-state index in [1.807, 2.05) is 36.4 Å². The van der Waals surface area contributed by atoms with E-state index in [4.69, 9.17) is 16.3 Å². The number of ether oxygens (including phenoxy) is 1. The third-order valence-electron chi connectivity index (χ3n) is 3.12. The molecular formula is C17H13Cl2NO2. The summed E-state index contributed by atoms with van der Waals surface area (Å²) in [4.78, 5) is 15.5. The van der Waals surface area contributed by atoms with E-state index >= 15 is 0 Å². The van der Waals surface area contributed by atoms with Crippen LogP contribution in [0.15, 0.2) is 60.7 Å². The predicted octanol–water partition coefficient (Wildman–Crippen LogP) is 4.61. The highest BCUT2D eigenvalue weighted by Gasteiger charge is 2.03. The first-order valence-corrected chi connectivity index (χ1v) is 6.87. The van der Waals surface area contributed by atoms with Gasteiger partial charge in [0.25, 0.3) is 5.24 Å². The van der Waals surface area contributed by atoms with Gasteiger partial charge in [-0.15, -0.1) is 12.4 Å². The summed E-state index contributed by atoms with van der Waals surface area (Å²) in [5, 5.41) is 0.629. The maximum absolute atomic E-state index is 11.0. The number of carbonyl (C=O) groups is 1. The van der Waals surface area contributed by atoms with Crippen LogP contribution in [0.4, 0.5) is 0 Å². The van der Waals surface area contributed by atoms with Gasteiger partial charge in [-0.25, -0.2) is 4.98 Å². The Morgan fingerprint density at radius 1 is 1.00 bits per heavy atom. The SMILES string of the molecule is Cl.O=C(Cl)c1ccc(OCc2ccc3ccccc3n2)cc1. The van der Waals surface area contributed by atoms with Gasteiger partial charge >= 0.3 is 0 Å². The number of para-hydroxylation sites is 1. The highest BCUT2D eigenvalue weighted by Crippen LogP contribution is 2.16. The minimum absolute atomic E-state index is 0. The van der Waals surface area contributed by atoms with E-state index in [0.717, 1.165) is 16.6 Å². The molecular weight excluding hydrogens is 321 g/mol. The van der Waals surface area contributed by atoms with Crippen molar-refractivity contribution < 1.29 is 9.53 Å². The van der Waals surface area contributed by atoms with Crippen molar-refractivity contribution >= 4 is 40.2 Å². The molecule has 3 nitrogen and oxygen atoms in total. The first kappa shape index (κ1) is 16.3. The molecule has 0 spiro atoms. The molecule has 0 saturated heterocycles.